The highest BCUT2D eigenvalue weighted by molar-refractivity contribution is 5.29. The lowest BCUT2D eigenvalue weighted by molar-refractivity contribution is 0.473. The molecule has 0 heterocycles. The van der Waals surface area contributed by atoms with Gasteiger partial charge in [-0.2, -0.15) is 0 Å². The van der Waals surface area contributed by atoms with Crippen LogP contribution in [0.1, 0.15) is 37.2 Å². The Labute approximate surface area is 85.1 Å². The van der Waals surface area contributed by atoms with Gasteiger partial charge in [0.1, 0.15) is 5.75 Å². The third-order valence-electron chi connectivity index (χ3n) is 3.06. The highest BCUT2D eigenvalue weighted by atomic mass is 16.3. The first-order valence-corrected chi connectivity index (χ1v) is 5.21. The molecule has 1 heteroatoms. The van der Waals surface area contributed by atoms with Crippen molar-refractivity contribution in [2.45, 2.75) is 31.6 Å². The second kappa shape index (κ2) is 3.87. The molecule has 0 radical (unpaired) electrons. The number of rotatable bonds is 1. The van der Waals surface area contributed by atoms with Crippen molar-refractivity contribution < 1.29 is 5.11 Å². The summed E-state index contributed by atoms with van der Waals surface area (Å²) in [5.74, 6) is 1.02. The van der Waals surface area contributed by atoms with Gasteiger partial charge < -0.3 is 5.11 Å². The largest absolute Gasteiger partial charge is 0.508 e. The second-order valence-corrected chi connectivity index (χ2v) is 4.12. The van der Waals surface area contributed by atoms with Gasteiger partial charge in [-0.15, -0.1) is 0 Å². The Bertz CT molecular complexity index is 314. The standard InChI is InChI=1S/C13H16O/c1-10-2-4-11(5-3-10)12-6-8-13(14)9-7-12/h6-9,11,14H,1-5H2. The minimum Gasteiger partial charge on any atom is -0.508 e. The molecule has 0 spiro atoms. The Hall–Kier alpha value is -1.24. The topological polar surface area (TPSA) is 20.2 Å². The molecule has 1 N–H and O–H groups in total. The van der Waals surface area contributed by atoms with Crippen LogP contribution in [0.3, 0.4) is 0 Å². The fraction of sp³-hybridized carbons (Fsp3) is 0.385. The highest BCUT2D eigenvalue weighted by Crippen LogP contribution is 2.34. The van der Waals surface area contributed by atoms with Crippen molar-refractivity contribution in [1.82, 2.24) is 0 Å². The van der Waals surface area contributed by atoms with Crippen molar-refractivity contribution in [1.29, 1.82) is 0 Å². The fourth-order valence-corrected chi connectivity index (χ4v) is 2.11. The number of hydrogen-bond acceptors (Lipinski definition) is 1. The molecule has 0 aliphatic heterocycles. The van der Waals surface area contributed by atoms with Crippen molar-refractivity contribution in [3.05, 3.63) is 42.0 Å². The van der Waals surface area contributed by atoms with Gasteiger partial charge in [-0.1, -0.05) is 24.3 Å². The van der Waals surface area contributed by atoms with Crippen molar-refractivity contribution in [2.24, 2.45) is 0 Å². The first kappa shape index (κ1) is 9.32. The lowest BCUT2D eigenvalue weighted by Crippen LogP contribution is -2.05. The molecule has 0 unspecified atom stereocenters. The molecular formula is C13H16O. The molecule has 1 aromatic carbocycles. The fourth-order valence-electron chi connectivity index (χ4n) is 2.11. The maximum absolute atomic E-state index is 9.18. The van der Waals surface area contributed by atoms with Crippen LogP contribution < -0.4 is 0 Å². The van der Waals surface area contributed by atoms with E-state index in [4.69, 9.17) is 0 Å². The zero-order valence-corrected chi connectivity index (χ0v) is 8.37. The van der Waals surface area contributed by atoms with Gasteiger partial charge in [0.05, 0.1) is 0 Å². The molecule has 1 aliphatic rings. The zero-order valence-electron chi connectivity index (χ0n) is 8.37. The average Bonchev–Trinajstić information content (AvgIpc) is 2.21. The van der Waals surface area contributed by atoms with Crippen LogP contribution in [-0.2, 0) is 0 Å². The second-order valence-electron chi connectivity index (χ2n) is 4.12. The predicted octanol–water partition coefficient (Wildman–Crippen LogP) is 3.61. The minimum atomic E-state index is 0.356. The molecule has 14 heavy (non-hydrogen) atoms. The summed E-state index contributed by atoms with van der Waals surface area (Å²) in [7, 11) is 0. The van der Waals surface area contributed by atoms with Crippen molar-refractivity contribution in [2.75, 3.05) is 0 Å². The lowest BCUT2D eigenvalue weighted by Gasteiger charge is -2.23. The van der Waals surface area contributed by atoms with Gasteiger partial charge in [-0.3, -0.25) is 0 Å². The van der Waals surface area contributed by atoms with Gasteiger partial charge in [-0.05, 0) is 49.3 Å². The Morgan fingerprint density at radius 1 is 1.07 bits per heavy atom. The van der Waals surface area contributed by atoms with E-state index in [0.717, 1.165) is 12.8 Å². The molecule has 0 saturated heterocycles. The Kier molecular flexibility index (Phi) is 2.58. The number of benzene rings is 1. The maximum Gasteiger partial charge on any atom is 0.115 e. The van der Waals surface area contributed by atoms with Gasteiger partial charge >= 0.3 is 0 Å². The molecule has 0 atom stereocenters. The molecular weight excluding hydrogens is 172 g/mol. The molecule has 0 amide bonds. The first-order valence-electron chi connectivity index (χ1n) is 5.21. The summed E-state index contributed by atoms with van der Waals surface area (Å²) in [6, 6.07) is 7.62. The van der Waals surface area contributed by atoms with E-state index >= 15 is 0 Å². The van der Waals surface area contributed by atoms with Crippen LogP contribution in [-0.4, -0.2) is 5.11 Å². The van der Waals surface area contributed by atoms with Crippen LogP contribution in [0, 0.1) is 0 Å². The Morgan fingerprint density at radius 3 is 2.21 bits per heavy atom. The van der Waals surface area contributed by atoms with Gasteiger partial charge in [0.2, 0.25) is 0 Å². The number of hydrogen-bond donors (Lipinski definition) is 1. The number of aromatic hydroxyl groups is 1. The number of allylic oxidation sites excluding steroid dienone is 1. The monoisotopic (exact) mass is 188 g/mol. The van der Waals surface area contributed by atoms with Crippen molar-refractivity contribution >= 4 is 0 Å². The van der Waals surface area contributed by atoms with Crippen LogP contribution >= 0.6 is 0 Å². The smallest absolute Gasteiger partial charge is 0.115 e. The third-order valence-corrected chi connectivity index (χ3v) is 3.06. The third kappa shape index (κ3) is 1.98. The predicted molar refractivity (Wildman–Crippen MR) is 58.5 cm³/mol. The van der Waals surface area contributed by atoms with E-state index < -0.39 is 0 Å². The molecule has 2 rings (SSSR count). The molecule has 0 aromatic heterocycles. The zero-order chi connectivity index (χ0) is 9.97. The maximum atomic E-state index is 9.18. The van der Waals surface area contributed by atoms with Gasteiger partial charge in [0.15, 0.2) is 0 Å². The van der Waals surface area contributed by atoms with Gasteiger partial charge in [-0.25, -0.2) is 0 Å². The van der Waals surface area contributed by atoms with E-state index in [1.54, 1.807) is 12.1 Å². The summed E-state index contributed by atoms with van der Waals surface area (Å²) in [6.45, 7) is 4.02. The van der Waals surface area contributed by atoms with E-state index in [2.05, 4.69) is 6.58 Å². The van der Waals surface area contributed by atoms with Crippen molar-refractivity contribution in [3.8, 4) is 5.75 Å². The molecule has 1 saturated carbocycles. The molecule has 1 aromatic rings. The summed E-state index contributed by atoms with van der Waals surface area (Å²) in [4.78, 5) is 0. The van der Waals surface area contributed by atoms with Crippen LogP contribution in [0.5, 0.6) is 5.75 Å². The van der Waals surface area contributed by atoms with Crippen LogP contribution in [0.25, 0.3) is 0 Å². The minimum absolute atomic E-state index is 0.356. The van der Waals surface area contributed by atoms with E-state index in [9.17, 15) is 5.11 Å². The Morgan fingerprint density at radius 2 is 1.64 bits per heavy atom. The quantitative estimate of drug-likeness (QED) is 0.667. The summed E-state index contributed by atoms with van der Waals surface area (Å²) < 4.78 is 0. The van der Waals surface area contributed by atoms with Crippen LogP contribution in [0.15, 0.2) is 36.4 Å². The summed E-state index contributed by atoms with van der Waals surface area (Å²) in [5.41, 5.74) is 2.75. The Balaban J connectivity index is 2.08. The van der Waals surface area contributed by atoms with E-state index in [1.165, 1.54) is 24.0 Å². The molecule has 74 valence electrons. The van der Waals surface area contributed by atoms with Crippen LogP contribution in [0.2, 0.25) is 0 Å². The van der Waals surface area contributed by atoms with Gasteiger partial charge in [0.25, 0.3) is 0 Å². The first-order chi connectivity index (χ1) is 6.75. The highest BCUT2D eigenvalue weighted by Gasteiger charge is 2.16. The number of phenols is 1. The van der Waals surface area contributed by atoms with Crippen LogP contribution in [0.4, 0.5) is 0 Å². The average molecular weight is 188 g/mol. The van der Waals surface area contributed by atoms with E-state index in [0.29, 0.717) is 11.7 Å². The summed E-state index contributed by atoms with van der Waals surface area (Å²) >= 11 is 0. The molecule has 1 nitrogen and oxygen atoms in total. The molecule has 0 bridgehead atoms. The number of phenolic OH excluding ortho intramolecular Hbond substituents is 1. The summed E-state index contributed by atoms with van der Waals surface area (Å²) in [5, 5.41) is 9.18. The lowest BCUT2D eigenvalue weighted by atomic mass is 9.82. The van der Waals surface area contributed by atoms with E-state index in [1.807, 2.05) is 12.1 Å². The molecule has 1 aliphatic carbocycles. The van der Waals surface area contributed by atoms with Crippen molar-refractivity contribution in [3.63, 3.8) is 0 Å². The summed E-state index contributed by atoms with van der Waals surface area (Å²) in [6.07, 6.45) is 4.74. The normalized spacial score (nSPS) is 18.4. The van der Waals surface area contributed by atoms with E-state index in [-0.39, 0.29) is 0 Å². The SMILES string of the molecule is C=C1CCC(c2ccc(O)cc2)CC1. The molecule has 1 fully saturated rings. The van der Waals surface area contributed by atoms with Gasteiger partial charge in [0, 0.05) is 0 Å².